The third kappa shape index (κ3) is 9.08. The summed E-state index contributed by atoms with van der Waals surface area (Å²) < 4.78 is 15.8. The highest BCUT2D eigenvalue weighted by Crippen LogP contribution is 2.20. The Labute approximate surface area is 290 Å². The van der Waals surface area contributed by atoms with E-state index in [2.05, 4.69) is 5.32 Å². The van der Waals surface area contributed by atoms with Crippen LogP contribution in [-0.4, -0.2) is 92.3 Å². The second kappa shape index (κ2) is 16.5. The van der Waals surface area contributed by atoms with Gasteiger partial charge in [0, 0.05) is 64.9 Å². The molecule has 3 heterocycles. The first-order valence-corrected chi connectivity index (χ1v) is 16.6. The van der Waals surface area contributed by atoms with Gasteiger partial charge in [-0.1, -0.05) is 6.08 Å². The minimum Gasteiger partial charge on any atom is -0.611 e. The maximum absolute atomic E-state index is 13.2. The molecule has 4 rings (SSSR count). The van der Waals surface area contributed by atoms with E-state index in [0.717, 1.165) is 6.08 Å². The number of nitrogens with one attached hydrogen (secondary N) is 1. The van der Waals surface area contributed by atoms with Gasteiger partial charge in [0.25, 0.3) is 5.91 Å². The summed E-state index contributed by atoms with van der Waals surface area (Å²) in [6, 6.07) is 12.0. The topological polar surface area (TPSA) is 169 Å². The van der Waals surface area contributed by atoms with Crippen molar-refractivity contribution >= 4 is 75.7 Å². The molecule has 3 aromatic heterocycles. The fourth-order valence-corrected chi connectivity index (χ4v) is 5.67. The minimum atomic E-state index is -1.21. The lowest BCUT2D eigenvalue weighted by atomic mass is 10.2. The molecule has 1 N–H and O–H groups in total. The molecule has 14 nitrogen and oxygen atoms in total. The lowest BCUT2D eigenvalue weighted by molar-refractivity contribution is -0.131. The molecular weight excluding hydrogens is 672 g/mol. The number of aromatic nitrogens is 3. The van der Waals surface area contributed by atoms with E-state index in [1.54, 1.807) is 50.5 Å². The summed E-state index contributed by atoms with van der Waals surface area (Å²) in [5.74, 6) is -1.11. The molecule has 4 amide bonds. The number of hydrogen-bond donors (Lipinski definition) is 1. The van der Waals surface area contributed by atoms with E-state index in [4.69, 9.17) is 16.9 Å². The molecule has 0 aliphatic heterocycles. The van der Waals surface area contributed by atoms with Crippen LogP contribution in [0.2, 0.25) is 0 Å². The van der Waals surface area contributed by atoms with Gasteiger partial charge in [0.2, 0.25) is 5.78 Å². The van der Waals surface area contributed by atoms with Gasteiger partial charge in [-0.05, 0) is 65.3 Å². The molecule has 0 saturated carbocycles. The highest BCUT2D eigenvalue weighted by molar-refractivity contribution is 7.91. The van der Waals surface area contributed by atoms with Crippen LogP contribution in [0.15, 0.2) is 90.6 Å². The van der Waals surface area contributed by atoms with Crippen molar-refractivity contribution in [1.82, 2.24) is 18.6 Å². The lowest BCUT2D eigenvalue weighted by Gasteiger charge is -2.18. The maximum atomic E-state index is 13.2. The Kier molecular flexibility index (Phi) is 12.2. The fraction of sp³-hybridized carbons (Fsp3) is 0.212. The van der Waals surface area contributed by atoms with Crippen LogP contribution in [0.4, 0.5) is 31.4 Å². The van der Waals surface area contributed by atoms with Crippen molar-refractivity contribution in [3.05, 3.63) is 91.3 Å². The van der Waals surface area contributed by atoms with Gasteiger partial charge in [0.05, 0.1) is 35.4 Å². The Morgan fingerprint density at radius 2 is 1.41 bits per heavy atom. The number of rotatable bonds is 11. The summed E-state index contributed by atoms with van der Waals surface area (Å²) >= 11 is 4.43. The number of halogens is 1. The number of nitriles is 1. The standard InChI is InChI=1S/C33H33ClN8O6S/c1-37(16-4-15-35)31(45)41-18-12-26(22-41)39(3)33(47)42-19-13-27(23-42)38(2)32(46)40-17-11-25(21-40)36-30(44)29(43)10-7-24-5-8-28(9-6-24)49(48)20-14-34/h5-13,17-19,21-23H,4,14,16,20H2,1-3H3,(H,36,44)/b10-7+. The monoisotopic (exact) mass is 704 g/mol. The second-order valence-corrected chi connectivity index (χ2v) is 12.6. The van der Waals surface area contributed by atoms with Gasteiger partial charge in [-0.25, -0.2) is 14.4 Å². The molecule has 1 aromatic carbocycles. The number of carbonyl (C=O) groups excluding carboxylic acids is 5. The first-order valence-electron chi connectivity index (χ1n) is 14.7. The quantitative estimate of drug-likeness (QED) is 0.102. The minimum absolute atomic E-state index is 0.197. The van der Waals surface area contributed by atoms with Crippen molar-refractivity contribution in [3.8, 4) is 6.07 Å². The van der Waals surface area contributed by atoms with Gasteiger partial charge < -0.3 is 14.8 Å². The lowest BCUT2D eigenvalue weighted by Crippen LogP contribution is -2.32. The third-order valence-electron chi connectivity index (χ3n) is 7.26. The van der Waals surface area contributed by atoms with Crippen LogP contribution in [0.3, 0.4) is 0 Å². The van der Waals surface area contributed by atoms with Crippen LogP contribution in [0.25, 0.3) is 6.08 Å². The van der Waals surface area contributed by atoms with Gasteiger partial charge in [0.15, 0.2) is 4.90 Å². The molecule has 0 aliphatic carbocycles. The van der Waals surface area contributed by atoms with Gasteiger partial charge in [-0.2, -0.15) is 5.26 Å². The van der Waals surface area contributed by atoms with Crippen molar-refractivity contribution in [1.29, 1.82) is 5.26 Å². The van der Waals surface area contributed by atoms with E-state index in [1.807, 2.05) is 6.07 Å². The number of amides is 4. The van der Waals surface area contributed by atoms with Crippen LogP contribution < -0.4 is 15.1 Å². The van der Waals surface area contributed by atoms with Crippen LogP contribution in [0.5, 0.6) is 0 Å². The number of anilines is 3. The molecule has 0 aliphatic rings. The zero-order valence-electron chi connectivity index (χ0n) is 26.9. The summed E-state index contributed by atoms with van der Waals surface area (Å²) in [6.07, 6.45) is 11.5. The molecule has 0 spiro atoms. The molecule has 0 fully saturated rings. The Morgan fingerprint density at radius 1 is 0.857 bits per heavy atom. The number of alkyl halides is 1. The Bertz CT molecular complexity index is 1910. The largest absolute Gasteiger partial charge is 0.611 e. The Balaban J connectivity index is 1.33. The molecule has 0 bridgehead atoms. The average Bonchev–Trinajstić information content (AvgIpc) is 3.90. The zero-order valence-corrected chi connectivity index (χ0v) is 28.4. The van der Waals surface area contributed by atoms with Crippen LogP contribution >= 0.6 is 11.6 Å². The molecule has 254 valence electrons. The van der Waals surface area contributed by atoms with Gasteiger partial charge in [-0.3, -0.25) is 33.1 Å². The molecule has 0 radical (unpaired) electrons. The molecule has 1 atom stereocenters. The third-order valence-corrected chi connectivity index (χ3v) is 9.04. The van der Waals surface area contributed by atoms with E-state index < -0.39 is 34.9 Å². The van der Waals surface area contributed by atoms with E-state index in [0.29, 0.717) is 27.6 Å². The van der Waals surface area contributed by atoms with E-state index in [1.165, 1.54) is 84.8 Å². The predicted molar refractivity (Wildman–Crippen MR) is 186 cm³/mol. The number of nitrogens with zero attached hydrogens (tertiary/aromatic N) is 7. The van der Waals surface area contributed by atoms with Gasteiger partial charge >= 0.3 is 18.1 Å². The summed E-state index contributed by atoms with van der Waals surface area (Å²) in [6.45, 7) is 0.269. The normalized spacial score (nSPS) is 11.5. The summed E-state index contributed by atoms with van der Waals surface area (Å²) in [5, 5.41) is 11.2. The molecule has 16 heteroatoms. The average molecular weight is 705 g/mol. The second-order valence-electron chi connectivity index (χ2n) is 10.6. The van der Waals surface area contributed by atoms with Crippen LogP contribution in [0.1, 0.15) is 12.0 Å². The van der Waals surface area contributed by atoms with Crippen LogP contribution in [0, 0.1) is 11.3 Å². The van der Waals surface area contributed by atoms with E-state index >= 15 is 0 Å². The van der Waals surface area contributed by atoms with Crippen molar-refractivity contribution in [2.45, 2.75) is 11.3 Å². The highest BCUT2D eigenvalue weighted by atomic mass is 35.5. The zero-order chi connectivity index (χ0) is 35.7. The molecular formula is C33H33ClN8O6S. The number of carbonyl (C=O) groups is 5. The van der Waals surface area contributed by atoms with Crippen LogP contribution in [-0.2, 0) is 20.8 Å². The fourth-order valence-electron chi connectivity index (χ4n) is 4.43. The van der Waals surface area contributed by atoms with Crippen molar-refractivity contribution in [2.24, 2.45) is 0 Å². The maximum Gasteiger partial charge on any atom is 0.332 e. The van der Waals surface area contributed by atoms with E-state index in [-0.39, 0.29) is 30.6 Å². The van der Waals surface area contributed by atoms with Crippen molar-refractivity contribution in [3.63, 3.8) is 0 Å². The molecule has 0 saturated heterocycles. The highest BCUT2D eigenvalue weighted by Gasteiger charge is 2.20. The Hall–Kier alpha value is -5.56. The summed E-state index contributed by atoms with van der Waals surface area (Å²) in [7, 11) is 4.64. The molecule has 1 unspecified atom stereocenters. The molecule has 4 aromatic rings. The molecule has 49 heavy (non-hydrogen) atoms. The Morgan fingerprint density at radius 3 is 1.98 bits per heavy atom. The summed E-state index contributed by atoms with van der Waals surface area (Å²) in [5.41, 5.74) is 1.71. The SMILES string of the molecule is CN(CCC#N)C(=O)n1ccc(N(C)C(=O)n2ccc(N(C)C(=O)n3ccc(NC(=O)C(=O)/C=C/c4ccc([S+]([O-])CCCl)cc4)c3)c2)c1. The predicted octanol–water partition coefficient (Wildman–Crippen LogP) is 4.68. The first-order chi connectivity index (χ1) is 23.4. The number of benzene rings is 1. The number of hydrogen-bond acceptors (Lipinski definition) is 7. The smallest absolute Gasteiger partial charge is 0.332 e. The summed E-state index contributed by atoms with van der Waals surface area (Å²) in [4.78, 5) is 68.4. The first kappa shape index (κ1) is 36.3. The van der Waals surface area contributed by atoms with Crippen molar-refractivity contribution in [2.75, 3.05) is 54.4 Å². The van der Waals surface area contributed by atoms with Crippen molar-refractivity contribution < 1.29 is 28.5 Å². The van der Waals surface area contributed by atoms with Gasteiger partial charge in [-0.15, -0.1) is 11.6 Å². The van der Waals surface area contributed by atoms with Gasteiger partial charge in [0.1, 0.15) is 5.75 Å². The van der Waals surface area contributed by atoms with E-state index in [9.17, 15) is 28.5 Å². The number of ketones is 1.